The quantitative estimate of drug-likeness (QED) is 0.241. The molecule has 0 aliphatic carbocycles. The zero-order valence-corrected chi connectivity index (χ0v) is 22.4. The van der Waals surface area contributed by atoms with Crippen molar-refractivity contribution in [2.75, 3.05) is 18.4 Å². The number of halogens is 1. The highest BCUT2D eigenvalue weighted by atomic mass is 35.5. The van der Waals surface area contributed by atoms with Crippen LogP contribution in [-0.4, -0.2) is 33.9 Å². The molecule has 3 aromatic carbocycles. The van der Waals surface area contributed by atoms with Gasteiger partial charge in [-0.05, 0) is 61.8 Å². The van der Waals surface area contributed by atoms with Gasteiger partial charge in [-0.15, -0.1) is 11.3 Å². The summed E-state index contributed by atoms with van der Waals surface area (Å²) >= 11 is 7.64. The zero-order chi connectivity index (χ0) is 25.9. The van der Waals surface area contributed by atoms with Crippen molar-refractivity contribution in [3.8, 4) is 11.1 Å². The number of pyridine rings is 1. The van der Waals surface area contributed by atoms with Crippen LogP contribution in [0.2, 0.25) is 5.02 Å². The predicted octanol–water partition coefficient (Wildman–Crippen LogP) is 7.64. The molecule has 0 bridgehead atoms. The fourth-order valence-electron chi connectivity index (χ4n) is 5.00. The molecule has 1 N–H and O–H groups in total. The average molecular weight is 539 g/mol. The number of hydrogen-bond acceptors (Lipinski definition) is 5. The van der Waals surface area contributed by atoms with Gasteiger partial charge in [-0.25, -0.2) is 4.98 Å². The van der Waals surface area contributed by atoms with Gasteiger partial charge in [-0.1, -0.05) is 66.2 Å². The normalized spacial score (nSPS) is 14.6. The van der Waals surface area contributed by atoms with Crippen molar-refractivity contribution < 1.29 is 4.79 Å². The SMILES string of the molecule is O=C(Nc1ccccc1-c1ccc(Cl)cc1)c1csc(C2CCN(Cc3ccc4ccccc4n3)CC2)n1. The lowest BCUT2D eigenvalue weighted by atomic mass is 9.97. The predicted molar refractivity (Wildman–Crippen MR) is 156 cm³/mol. The van der Waals surface area contributed by atoms with E-state index in [4.69, 9.17) is 21.6 Å². The fourth-order valence-corrected chi connectivity index (χ4v) is 6.10. The third-order valence-electron chi connectivity index (χ3n) is 7.06. The molecule has 1 fully saturated rings. The van der Waals surface area contributed by atoms with E-state index >= 15 is 0 Å². The number of likely N-dealkylation sites (tertiary alicyclic amines) is 1. The first-order valence-electron chi connectivity index (χ1n) is 12.8. The summed E-state index contributed by atoms with van der Waals surface area (Å²) in [6, 6.07) is 27.9. The van der Waals surface area contributed by atoms with Crippen LogP contribution in [0, 0.1) is 0 Å². The number of benzene rings is 3. The van der Waals surface area contributed by atoms with Gasteiger partial charge in [0.25, 0.3) is 5.91 Å². The van der Waals surface area contributed by atoms with Gasteiger partial charge >= 0.3 is 0 Å². The van der Waals surface area contributed by atoms with E-state index in [0.717, 1.165) is 65.5 Å². The molecule has 2 aromatic heterocycles. The molecule has 7 heteroatoms. The Balaban J connectivity index is 1.08. The number of rotatable bonds is 6. The summed E-state index contributed by atoms with van der Waals surface area (Å²) in [5, 5.41) is 7.84. The number of nitrogens with zero attached hydrogens (tertiary/aromatic N) is 3. The summed E-state index contributed by atoms with van der Waals surface area (Å²) in [6.45, 7) is 2.85. The lowest BCUT2D eigenvalue weighted by Crippen LogP contribution is -2.32. The number of anilines is 1. The molecule has 0 spiro atoms. The summed E-state index contributed by atoms with van der Waals surface area (Å²) in [5.74, 6) is 0.192. The van der Waals surface area contributed by atoms with Gasteiger partial charge in [0.1, 0.15) is 5.69 Å². The van der Waals surface area contributed by atoms with E-state index < -0.39 is 0 Å². The molecular formula is C31H27ClN4OS. The van der Waals surface area contributed by atoms with Gasteiger partial charge in [0.05, 0.1) is 16.2 Å². The highest BCUT2D eigenvalue weighted by Gasteiger charge is 2.24. The molecule has 5 aromatic rings. The van der Waals surface area contributed by atoms with Crippen LogP contribution in [0.15, 0.2) is 90.3 Å². The standard InChI is InChI=1S/C31H27ClN4OS/c32-24-12-9-21(10-13-24)26-6-2-4-8-28(26)34-30(37)29-20-38-31(35-29)23-15-17-36(18-16-23)19-25-14-11-22-5-1-3-7-27(22)33-25/h1-14,20,23H,15-19H2,(H,34,37). The first kappa shape index (κ1) is 24.7. The Hall–Kier alpha value is -3.58. The van der Waals surface area contributed by atoms with Crippen LogP contribution in [0.5, 0.6) is 0 Å². The smallest absolute Gasteiger partial charge is 0.275 e. The van der Waals surface area contributed by atoms with Crippen molar-refractivity contribution in [1.82, 2.24) is 14.9 Å². The number of aromatic nitrogens is 2. The maximum atomic E-state index is 13.1. The minimum atomic E-state index is -0.186. The summed E-state index contributed by atoms with van der Waals surface area (Å²) in [4.78, 5) is 25.1. The minimum absolute atomic E-state index is 0.186. The Morgan fingerprint density at radius 2 is 1.68 bits per heavy atom. The van der Waals surface area contributed by atoms with E-state index in [1.54, 1.807) is 11.3 Å². The molecular weight excluding hydrogens is 512 g/mol. The number of amides is 1. The zero-order valence-electron chi connectivity index (χ0n) is 20.8. The second kappa shape index (κ2) is 11.0. The number of carbonyl (C=O) groups excluding carboxylic acids is 1. The third kappa shape index (κ3) is 5.48. The van der Waals surface area contributed by atoms with E-state index in [1.807, 2.05) is 66.0 Å². The number of para-hydroxylation sites is 2. The number of nitrogens with one attached hydrogen (secondary N) is 1. The van der Waals surface area contributed by atoms with E-state index in [1.165, 1.54) is 5.39 Å². The summed E-state index contributed by atoms with van der Waals surface area (Å²) in [7, 11) is 0. The van der Waals surface area contributed by atoms with Gasteiger partial charge in [-0.3, -0.25) is 14.7 Å². The molecule has 1 amide bonds. The number of carbonyl (C=O) groups is 1. The van der Waals surface area contributed by atoms with Gasteiger partial charge in [0.2, 0.25) is 0 Å². The Morgan fingerprint density at radius 3 is 2.53 bits per heavy atom. The Labute approximate surface area is 231 Å². The number of thiazole rings is 1. The Bertz CT molecular complexity index is 1570. The molecule has 0 saturated carbocycles. The first-order chi connectivity index (χ1) is 18.6. The van der Waals surface area contributed by atoms with Crippen LogP contribution in [0.25, 0.3) is 22.0 Å². The van der Waals surface area contributed by atoms with Crippen LogP contribution in [0.4, 0.5) is 5.69 Å². The van der Waals surface area contributed by atoms with Crippen LogP contribution in [0.3, 0.4) is 0 Å². The van der Waals surface area contributed by atoms with Crippen LogP contribution in [0.1, 0.15) is 39.9 Å². The maximum absolute atomic E-state index is 13.1. The lowest BCUT2D eigenvalue weighted by molar-refractivity contribution is 0.102. The highest BCUT2D eigenvalue weighted by Crippen LogP contribution is 2.32. The van der Waals surface area contributed by atoms with E-state index in [2.05, 4.69) is 34.5 Å². The molecule has 38 heavy (non-hydrogen) atoms. The average Bonchev–Trinajstić information content (AvgIpc) is 3.45. The second-order valence-corrected chi connectivity index (χ2v) is 10.9. The third-order valence-corrected chi connectivity index (χ3v) is 8.32. The van der Waals surface area contributed by atoms with Crippen molar-refractivity contribution in [2.24, 2.45) is 0 Å². The Morgan fingerprint density at radius 1 is 0.921 bits per heavy atom. The molecule has 6 rings (SSSR count). The van der Waals surface area contributed by atoms with E-state index in [0.29, 0.717) is 16.6 Å². The monoisotopic (exact) mass is 538 g/mol. The minimum Gasteiger partial charge on any atom is -0.320 e. The maximum Gasteiger partial charge on any atom is 0.275 e. The van der Waals surface area contributed by atoms with Gasteiger partial charge < -0.3 is 5.32 Å². The first-order valence-corrected chi connectivity index (χ1v) is 14.1. The van der Waals surface area contributed by atoms with Gasteiger partial charge in [0.15, 0.2) is 0 Å². The van der Waals surface area contributed by atoms with Gasteiger partial charge in [0, 0.05) is 39.5 Å². The van der Waals surface area contributed by atoms with Crippen LogP contribution >= 0.6 is 22.9 Å². The van der Waals surface area contributed by atoms with Gasteiger partial charge in [-0.2, -0.15) is 0 Å². The topological polar surface area (TPSA) is 58.1 Å². The largest absolute Gasteiger partial charge is 0.320 e. The number of hydrogen-bond donors (Lipinski definition) is 1. The van der Waals surface area contributed by atoms with Crippen molar-refractivity contribution in [3.05, 3.63) is 112 Å². The molecule has 3 heterocycles. The molecule has 0 atom stereocenters. The molecule has 5 nitrogen and oxygen atoms in total. The Kier molecular flexibility index (Phi) is 7.18. The molecule has 0 radical (unpaired) electrons. The lowest BCUT2D eigenvalue weighted by Gasteiger charge is -2.30. The highest BCUT2D eigenvalue weighted by molar-refractivity contribution is 7.10. The summed E-state index contributed by atoms with van der Waals surface area (Å²) in [5.41, 5.74) is 5.32. The number of fused-ring (bicyclic) bond motifs is 1. The fraction of sp³-hybridized carbons (Fsp3) is 0.194. The molecule has 190 valence electrons. The van der Waals surface area contributed by atoms with Crippen molar-refractivity contribution >= 4 is 45.4 Å². The molecule has 1 saturated heterocycles. The second-order valence-electron chi connectivity index (χ2n) is 9.62. The van der Waals surface area contributed by atoms with Crippen molar-refractivity contribution in [1.29, 1.82) is 0 Å². The van der Waals surface area contributed by atoms with E-state index in [9.17, 15) is 4.79 Å². The molecule has 0 unspecified atom stereocenters. The van der Waals surface area contributed by atoms with Crippen molar-refractivity contribution in [3.63, 3.8) is 0 Å². The number of piperidine rings is 1. The molecule has 1 aliphatic rings. The van der Waals surface area contributed by atoms with E-state index in [-0.39, 0.29) is 5.91 Å². The van der Waals surface area contributed by atoms with Crippen LogP contribution < -0.4 is 5.32 Å². The summed E-state index contributed by atoms with van der Waals surface area (Å²) in [6.07, 6.45) is 2.06. The van der Waals surface area contributed by atoms with Crippen molar-refractivity contribution in [2.45, 2.75) is 25.3 Å². The van der Waals surface area contributed by atoms with Crippen LogP contribution in [-0.2, 0) is 6.54 Å². The molecule has 1 aliphatic heterocycles. The summed E-state index contributed by atoms with van der Waals surface area (Å²) < 4.78 is 0.